The molecule has 2 atom stereocenters. The molecule has 2 unspecified atom stereocenters. The standard InChI is InChI=1S/C9H9ClN2O/c10-6-3-1-5(2-4-6)8-7(11)9(13)12-8/h1-4,7-8H,11H2,(H,12,13). The summed E-state index contributed by atoms with van der Waals surface area (Å²) in [6.45, 7) is 0. The summed E-state index contributed by atoms with van der Waals surface area (Å²) in [6.07, 6.45) is 0. The summed E-state index contributed by atoms with van der Waals surface area (Å²) in [6, 6.07) is 6.84. The van der Waals surface area contributed by atoms with Crippen molar-refractivity contribution in [3.05, 3.63) is 34.9 Å². The zero-order valence-corrected chi connectivity index (χ0v) is 7.58. The van der Waals surface area contributed by atoms with Gasteiger partial charge in [-0.05, 0) is 17.7 Å². The average molecular weight is 197 g/mol. The Morgan fingerprint density at radius 3 is 2.38 bits per heavy atom. The van der Waals surface area contributed by atoms with E-state index in [1.807, 2.05) is 12.1 Å². The first-order chi connectivity index (χ1) is 6.18. The van der Waals surface area contributed by atoms with Crippen molar-refractivity contribution in [1.29, 1.82) is 0 Å². The largest absolute Gasteiger partial charge is 0.346 e. The van der Waals surface area contributed by atoms with Crippen LogP contribution in [0.2, 0.25) is 5.02 Å². The maximum Gasteiger partial charge on any atom is 0.239 e. The van der Waals surface area contributed by atoms with Crippen LogP contribution in [-0.2, 0) is 4.79 Å². The van der Waals surface area contributed by atoms with Gasteiger partial charge in [0, 0.05) is 5.02 Å². The molecule has 0 bridgehead atoms. The van der Waals surface area contributed by atoms with Crippen LogP contribution in [-0.4, -0.2) is 11.9 Å². The summed E-state index contributed by atoms with van der Waals surface area (Å²) in [5.74, 6) is -0.0973. The monoisotopic (exact) mass is 196 g/mol. The molecule has 0 spiro atoms. The van der Waals surface area contributed by atoms with Gasteiger partial charge in [-0.15, -0.1) is 0 Å². The molecule has 3 N–H and O–H groups in total. The third kappa shape index (κ3) is 1.41. The molecule has 1 aliphatic rings. The molecule has 68 valence electrons. The highest BCUT2D eigenvalue weighted by atomic mass is 35.5. The average Bonchev–Trinajstić information content (AvgIpc) is 2.15. The first kappa shape index (κ1) is 8.53. The van der Waals surface area contributed by atoms with E-state index >= 15 is 0 Å². The van der Waals surface area contributed by atoms with Gasteiger partial charge in [0.25, 0.3) is 0 Å². The Balaban J connectivity index is 2.18. The zero-order valence-electron chi connectivity index (χ0n) is 6.83. The van der Waals surface area contributed by atoms with E-state index in [1.54, 1.807) is 12.1 Å². The number of rotatable bonds is 1. The van der Waals surface area contributed by atoms with Crippen molar-refractivity contribution >= 4 is 17.5 Å². The minimum absolute atomic E-state index is 0.0511. The van der Waals surface area contributed by atoms with Gasteiger partial charge >= 0.3 is 0 Å². The number of carbonyl (C=O) groups is 1. The fourth-order valence-electron chi connectivity index (χ4n) is 1.36. The number of nitrogens with one attached hydrogen (secondary N) is 1. The minimum Gasteiger partial charge on any atom is -0.346 e. The molecule has 1 aromatic rings. The molecule has 0 aromatic heterocycles. The maximum atomic E-state index is 10.8. The molecule has 0 aliphatic carbocycles. The first-order valence-electron chi connectivity index (χ1n) is 4.00. The summed E-state index contributed by atoms with van der Waals surface area (Å²) in [7, 11) is 0. The smallest absolute Gasteiger partial charge is 0.239 e. The molecule has 1 fully saturated rings. The van der Waals surface area contributed by atoms with E-state index < -0.39 is 6.04 Å². The Bertz CT molecular complexity index is 336. The van der Waals surface area contributed by atoms with Crippen LogP contribution in [0, 0.1) is 0 Å². The van der Waals surface area contributed by atoms with Crippen LogP contribution in [0.5, 0.6) is 0 Å². The van der Waals surface area contributed by atoms with E-state index in [-0.39, 0.29) is 11.9 Å². The molecule has 1 aromatic carbocycles. The second kappa shape index (κ2) is 3.01. The summed E-state index contributed by atoms with van der Waals surface area (Å²) < 4.78 is 0. The third-order valence-electron chi connectivity index (χ3n) is 2.19. The van der Waals surface area contributed by atoms with Gasteiger partial charge in [-0.1, -0.05) is 23.7 Å². The van der Waals surface area contributed by atoms with Gasteiger partial charge in [0.2, 0.25) is 5.91 Å². The highest BCUT2D eigenvalue weighted by Crippen LogP contribution is 2.24. The zero-order chi connectivity index (χ0) is 9.42. The van der Waals surface area contributed by atoms with Crippen LogP contribution in [0.4, 0.5) is 0 Å². The lowest BCUT2D eigenvalue weighted by Gasteiger charge is -2.34. The van der Waals surface area contributed by atoms with Crippen LogP contribution in [0.15, 0.2) is 24.3 Å². The highest BCUT2D eigenvalue weighted by molar-refractivity contribution is 6.30. The summed E-state index contributed by atoms with van der Waals surface area (Å²) in [5, 5.41) is 3.40. The van der Waals surface area contributed by atoms with Gasteiger partial charge in [-0.2, -0.15) is 0 Å². The Morgan fingerprint density at radius 1 is 1.31 bits per heavy atom. The number of hydrogen-bond acceptors (Lipinski definition) is 2. The Labute approximate surface area is 80.9 Å². The van der Waals surface area contributed by atoms with Crippen molar-refractivity contribution in [2.75, 3.05) is 0 Å². The van der Waals surface area contributed by atoms with Crippen LogP contribution in [0.3, 0.4) is 0 Å². The molecule has 1 aliphatic heterocycles. The van der Waals surface area contributed by atoms with Crippen LogP contribution in [0.1, 0.15) is 11.6 Å². The lowest BCUT2D eigenvalue weighted by molar-refractivity contribution is -0.130. The van der Waals surface area contributed by atoms with E-state index in [2.05, 4.69) is 5.32 Å². The topological polar surface area (TPSA) is 55.1 Å². The highest BCUT2D eigenvalue weighted by Gasteiger charge is 2.36. The molecule has 0 radical (unpaired) electrons. The summed E-state index contributed by atoms with van der Waals surface area (Å²) in [4.78, 5) is 10.8. The van der Waals surface area contributed by atoms with Crippen LogP contribution >= 0.6 is 11.6 Å². The van der Waals surface area contributed by atoms with Crippen molar-refractivity contribution in [3.63, 3.8) is 0 Å². The molecular formula is C9H9ClN2O. The molecule has 1 heterocycles. The fourth-order valence-corrected chi connectivity index (χ4v) is 1.48. The van der Waals surface area contributed by atoms with Gasteiger partial charge in [0.05, 0.1) is 6.04 Å². The Kier molecular flexibility index (Phi) is 1.98. The quantitative estimate of drug-likeness (QED) is 0.654. The summed E-state index contributed by atoms with van der Waals surface area (Å²) in [5.41, 5.74) is 6.59. The van der Waals surface area contributed by atoms with Gasteiger partial charge in [0.15, 0.2) is 0 Å². The SMILES string of the molecule is NC1C(=O)NC1c1ccc(Cl)cc1. The lowest BCUT2D eigenvalue weighted by Crippen LogP contribution is -2.60. The van der Waals surface area contributed by atoms with Crippen molar-refractivity contribution in [3.8, 4) is 0 Å². The van der Waals surface area contributed by atoms with E-state index in [4.69, 9.17) is 17.3 Å². The van der Waals surface area contributed by atoms with Gasteiger partial charge in [-0.3, -0.25) is 4.79 Å². The summed E-state index contributed by atoms with van der Waals surface area (Å²) >= 11 is 5.72. The van der Waals surface area contributed by atoms with Crippen LogP contribution in [0.25, 0.3) is 0 Å². The number of benzene rings is 1. The number of halogens is 1. The molecule has 4 heteroatoms. The Morgan fingerprint density at radius 2 is 1.92 bits per heavy atom. The van der Waals surface area contributed by atoms with Crippen molar-refractivity contribution in [2.45, 2.75) is 12.1 Å². The van der Waals surface area contributed by atoms with E-state index in [0.29, 0.717) is 5.02 Å². The maximum absolute atomic E-state index is 10.8. The number of hydrogen-bond donors (Lipinski definition) is 2. The number of amides is 1. The van der Waals surface area contributed by atoms with Crippen molar-refractivity contribution < 1.29 is 4.79 Å². The van der Waals surface area contributed by atoms with E-state index in [1.165, 1.54) is 0 Å². The molecule has 2 rings (SSSR count). The molecule has 1 amide bonds. The molecule has 0 saturated carbocycles. The molecule has 3 nitrogen and oxygen atoms in total. The predicted molar refractivity (Wildman–Crippen MR) is 50.3 cm³/mol. The van der Waals surface area contributed by atoms with Crippen LogP contribution < -0.4 is 11.1 Å². The van der Waals surface area contributed by atoms with Crippen molar-refractivity contribution in [1.82, 2.24) is 5.32 Å². The second-order valence-electron chi connectivity index (χ2n) is 3.06. The molecular weight excluding hydrogens is 188 g/mol. The number of carbonyl (C=O) groups excluding carboxylic acids is 1. The number of β-lactam (4-membered cyclic amide) rings is 1. The first-order valence-corrected chi connectivity index (χ1v) is 4.38. The van der Waals surface area contributed by atoms with E-state index in [9.17, 15) is 4.79 Å². The number of nitrogens with two attached hydrogens (primary N) is 1. The second-order valence-corrected chi connectivity index (χ2v) is 3.50. The minimum atomic E-state index is -0.416. The fraction of sp³-hybridized carbons (Fsp3) is 0.222. The normalized spacial score (nSPS) is 26.5. The predicted octanol–water partition coefficient (Wildman–Crippen LogP) is 0.838. The molecule has 1 saturated heterocycles. The van der Waals surface area contributed by atoms with Crippen molar-refractivity contribution in [2.24, 2.45) is 5.73 Å². The van der Waals surface area contributed by atoms with Gasteiger partial charge in [0.1, 0.15) is 6.04 Å². The van der Waals surface area contributed by atoms with Gasteiger partial charge < -0.3 is 11.1 Å². The third-order valence-corrected chi connectivity index (χ3v) is 2.44. The molecule has 13 heavy (non-hydrogen) atoms. The Hall–Kier alpha value is -1.06. The van der Waals surface area contributed by atoms with E-state index in [0.717, 1.165) is 5.56 Å². The van der Waals surface area contributed by atoms with Gasteiger partial charge in [-0.25, -0.2) is 0 Å². The lowest BCUT2D eigenvalue weighted by atomic mass is 9.93.